The van der Waals surface area contributed by atoms with Crippen LogP contribution >= 0.6 is 0 Å². The van der Waals surface area contributed by atoms with Gasteiger partial charge in [-0.3, -0.25) is 4.79 Å². The molecule has 0 unspecified atom stereocenters. The fraction of sp³-hybridized carbons (Fsp3) is 0.154. The number of halogens is 3. The molecule has 0 atom stereocenters. The standard InChI is InChI=1S/C13H12F3NO/c1-3-8(4-2)13(18)17-9-5-6-11(14)10(7-9)12(15)16/h3-7,12H,1H2,2H3,(H,17,18)/b8-4+. The summed E-state index contributed by atoms with van der Waals surface area (Å²) in [6.45, 7) is 5.09. The molecule has 96 valence electrons. The maximum atomic E-state index is 13.0. The summed E-state index contributed by atoms with van der Waals surface area (Å²) in [6, 6.07) is 3.02. The lowest BCUT2D eigenvalue weighted by molar-refractivity contribution is -0.112. The number of alkyl halides is 2. The molecule has 1 N–H and O–H groups in total. The lowest BCUT2D eigenvalue weighted by Crippen LogP contribution is -2.13. The van der Waals surface area contributed by atoms with Crippen molar-refractivity contribution in [3.63, 3.8) is 0 Å². The van der Waals surface area contributed by atoms with Crippen LogP contribution in [-0.2, 0) is 4.79 Å². The number of nitrogens with one attached hydrogen (secondary N) is 1. The van der Waals surface area contributed by atoms with Gasteiger partial charge in [0.15, 0.2) is 0 Å². The van der Waals surface area contributed by atoms with Gasteiger partial charge in [0.25, 0.3) is 12.3 Å². The Morgan fingerprint density at radius 2 is 2.11 bits per heavy atom. The number of amides is 1. The van der Waals surface area contributed by atoms with E-state index in [1.807, 2.05) is 0 Å². The van der Waals surface area contributed by atoms with Gasteiger partial charge in [0, 0.05) is 11.3 Å². The van der Waals surface area contributed by atoms with Crippen molar-refractivity contribution in [1.29, 1.82) is 0 Å². The van der Waals surface area contributed by atoms with Gasteiger partial charge in [-0.05, 0) is 25.1 Å². The van der Waals surface area contributed by atoms with Gasteiger partial charge in [0.05, 0.1) is 5.56 Å². The summed E-state index contributed by atoms with van der Waals surface area (Å²) in [5.74, 6) is -1.49. The van der Waals surface area contributed by atoms with E-state index in [9.17, 15) is 18.0 Å². The van der Waals surface area contributed by atoms with Crippen LogP contribution in [0.25, 0.3) is 0 Å². The second-order valence-electron chi connectivity index (χ2n) is 3.44. The first-order valence-corrected chi connectivity index (χ1v) is 5.17. The highest BCUT2D eigenvalue weighted by molar-refractivity contribution is 6.05. The summed E-state index contributed by atoms with van der Waals surface area (Å²) in [4.78, 5) is 11.6. The predicted molar refractivity (Wildman–Crippen MR) is 63.9 cm³/mol. The van der Waals surface area contributed by atoms with E-state index in [0.29, 0.717) is 5.57 Å². The number of anilines is 1. The van der Waals surface area contributed by atoms with Crippen LogP contribution < -0.4 is 5.32 Å². The van der Waals surface area contributed by atoms with Crippen molar-refractivity contribution < 1.29 is 18.0 Å². The van der Waals surface area contributed by atoms with Crippen LogP contribution in [0.4, 0.5) is 18.9 Å². The van der Waals surface area contributed by atoms with Gasteiger partial charge in [-0.15, -0.1) is 0 Å². The number of hydrogen-bond donors (Lipinski definition) is 1. The molecule has 5 heteroatoms. The molecule has 0 aliphatic rings. The van der Waals surface area contributed by atoms with Crippen LogP contribution in [0.3, 0.4) is 0 Å². The van der Waals surface area contributed by atoms with Crippen molar-refractivity contribution in [2.24, 2.45) is 0 Å². The van der Waals surface area contributed by atoms with Crippen molar-refractivity contribution >= 4 is 11.6 Å². The Kier molecular flexibility index (Phi) is 4.71. The van der Waals surface area contributed by atoms with Gasteiger partial charge in [0.2, 0.25) is 0 Å². The van der Waals surface area contributed by atoms with E-state index in [-0.39, 0.29) is 5.69 Å². The molecular formula is C13H12F3NO. The fourth-order valence-corrected chi connectivity index (χ4v) is 1.33. The predicted octanol–water partition coefficient (Wildman–Crippen LogP) is 3.83. The highest BCUT2D eigenvalue weighted by Crippen LogP contribution is 2.25. The molecule has 0 saturated heterocycles. The summed E-state index contributed by atoms with van der Waals surface area (Å²) in [6.07, 6.45) is -0.0605. The monoisotopic (exact) mass is 255 g/mol. The smallest absolute Gasteiger partial charge is 0.266 e. The molecule has 0 bridgehead atoms. The maximum Gasteiger partial charge on any atom is 0.266 e. The molecule has 0 fully saturated rings. The Bertz CT molecular complexity index is 495. The van der Waals surface area contributed by atoms with Gasteiger partial charge >= 0.3 is 0 Å². The van der Waals surface area contributed by atoms with Crippen molar-refractivity contribution in [1.82, 2.24) is 0 Å². The third-order valence-corrected chi connectivity index (χ3v) is 2.28. The van der Waals surface area contributed by atoms with Crippen LogP contribution in [0.5, 0.6) is 0 Å². The zero-order valence-electron chi connectivity index (χ0n) is 9.71. The summed E-state index contributed by atoms with van der Waals surface area (Å²) in [5.41, 5.74) is -0.329. The molecular weight excluding hydrogens is 243 g/mol. The Morgan fingerprint density at radius 3 is 2.61 bits per heavy atom. The molecule has 2 nitrogen and oxygen atoms in total. The second kappa shape index (κ2) is 6.05. The Balaban J connectivity index is 2.96. The lowest BCUT2D eigenvalue weighted by Gasteiger charge is -2.08. The Morgan fingerprint density at radius 1 is 1.44 bits per heavy atom. The van der Waals surface area contributed by atoms with E-state index < -0.39 is 23.7 Å². The van der Waals surface area contributed by atoms with Crippen molar-refractivity contribution in [3.8, 4) is 0 Å². The first kappa shape index (κ1) is 14.0. The average Bonchev–Trinajstić information content (AvgIpc) is 2.32. The van der Waals surface area contributed by atoms with Gasteiger partial charge < -0.3 is 5.32 Å². The van der Waals surface area contributed by atoms with E-state index in [1.165, 1.54) is 18.2 Å². The first-order chi connectivity index (χ1) is 8.49. The SMILES string of the molecule is C=C/C(=C\C)C(=O)Nc1ccc(F)c(C(F)F)c1. The van der Waals surface area contributed by atoms with Crippen molar-refractivity contribution in [3.05, 3.63) is 53.9 Å². The maximum absolute atomic E-state index is 13.0. The number of carbonyl (C=O) groups excluding carboxylic acids is 1. The molecule has 0 aromatic heterocycles. The number of carbonyl (C=O) groups is 1. The third kappa shape index (κ3) is 3.23. The molecule has 0 spiro atoms. The van der Waals surface area contributed by atoms with Crippen molar-refractivity contribution in [2.45, 2.75) is 13.3 Å². The molecule has 1 aromatic rings. The largest absolute Gasteiger partial charge is 0.322 e. The Labute approximate surface area is 103 Å². The minimum Gasteiger partial charge on any atom is -0.322 e. The minimum absolute atomic E-state index is 0.109. The highest BCUT2D eigenvalue weighted by Gasteiger charge is 2.14. The molecule has 0 heterocycles. The van der Waals surface area contributed by atoms with E-state index in [2.05, 4.69) is 11.9 Å². The van der Waals surface area contributed by atoms with E-state index in [1.54, 1.807) is 6.92 Å². The van der Waals surface area contributed by atoms with E-state index in [0.717, 1.165) is 12.1 Å². The highest BCUT2D eigenvalue weighted by atomic mass is 19.3. The molecule has 0 radical (unpaired) electrons. The summed E-state index contributed by atoms with van der Waals surface area (Å²) < 4.78 is 37.9. The molecule has 0 aliphatic carbocycles. The minimum atomic E-state index is -2.93. The molecule has 1 rings (SSSR count). The van der Waals surface area contributed by atoms with Gasteiger partial charge in [-0.2, -0.15) is 0 Å². The number of hydrogen-bond acceptors (Lipinski definition) is 1. The van der Waals surface area contributed by atoms with Crippen molar-refractivity contribution in [2.75, 3.05) is 5.32 Å². The molecule has 18 heavy (non-hydrogen) atoms. The molecule has 0 saturated carbocycles. The number of allylic oxidation sites excluding steroid dienone is 1. The molecule has 0 aliphatic heterocycles. The topological polar surface area (TPSA) is 29.1 Å². The van der Waals surface area contributed by atoms with Gasteiger partial charge in [-0.1, -0.05) is 18.7 Å². The second-order valence-corrected chi connectivity index (χ2v) is 3.44. The number of benzene rings is 1. The quantitative estimate of drug-likeness (QED) is 0.643. The average molecular weight is 255 g/mol. The van der Waals surface area contributed by atoms with E-state index >= 15 is 0 Å². The van der Waals surface area contributed by atoms with Crippen LogP contribution in [0, 0.1) is 5.82 Å². The lowest BCUT2D eigenvalue weighted by atomic mass is 10.1. The molecule has 1 aromatic carbocycles. The first-order valence-electron chi connectivity index (χ1n) is 5.17. The van der Waals surface area contributed by atoms with Crippen LogP contribution in [0.15, 0.2) is 42.5 Å². The van der Waals surface area contributed by atoms with Gasteiger partial charge in [-0.25, -0.2) is 13.2 Å². The van der Waals surface area contributed by atoms with Crippen LogP contribution in [0.2, 0.25) is 0 Å². The van der Waals surface area contributed by atoms with Crippen LogP contribution in [-0.4, -0.2) is 5.91 Å². The zero-order valence-corrected chi connectivity index (χ0v) is 9.71. The molecule has 1 amide bonds. The normalized spacial score (nSPS) is 11.5. The fourth-order valence-electron chi connectivity index (χ4n) is 1.33. The Hall–Kier alpha value is -2.04. The summed E-state index contributed by atoms with van der Waals surface area (Å²) in [7, 11) is 0. The zero-order chi connectivity index (χ0) is 13.7. The van der Waals surface area contributed by atoms with Gasteiger partial charge in [0.1, 0.15) is 5.82 Å². The van der Waals surface area contributed by atoms with Crippen LogP contribution in [0.1, 0.15) is 18.9 Å². The third-order valence-electron chi connectivity index (χ3n) is 2.28. The summed E-state index contributed by atoms with van der Waals surface area (Å²) in [5, 5.41) is 2.39. The number of rotatable bonds is 4. The van der Waals surface area contributed by atoms with E-state index in [4.69, 9.17) is 0 Å². The summed E-state index contributed by atoms with van der Waals surface area (Å²) >= 11 is 0.